The van der Waals surface area contributed by atoms with Crippen LogP contribution in [0.15, 0.2) is 206 Å². The lowest BCUT2D eigenvalue weighted by Crippen LogP contribution is -1.92. The van der Waals surface area contributed by atoms with Crippen molar-refractivity contribution in [1.29, 1.82) is 0 Å². The molecule has 0 aliphatic carbocycles. The van der Waals surface area contributed by atoms with Crippen molar-refractivity contribution in [2.45, 2.75) is 0 Å². The monoisotopic (exact) mass is 794 g/mol. The average Bonchev–Trinajstić information content (AvgIpc) is 3.89. The molecular weight excluding hydrogens is 761 g/mol. The lowest BCUT2D eigenvalue weighted by Gasteiger charge is -2.19. The minimum Gasteiger partial charge on any atom is -0.135 e. The molecule has 278 valence electrons. The first-order valence-corrected chi connectivity index (χ1v) is 22.2. The SMILES string of the molecule is c1ccc2c(c1)sc1c(-c3c4ccccc4c(-c4ccc(-c5c6ccccc6c(-c6cccc7c6sc6ccccc67)c6ccccc56)cc4)c4ccccc34)cccc12. The molecule has 0 atom stereocenters. The van der Waals surface area contributed by atoms with Crippen molar-refractivity contribution in [3.05, 3.63) is 206 Å². The quantitative estimate of drug-likeness (QED) is 0.156. The second-order valence-corrected chi connectivity index (χ2v) is 17.9. The molecule has 2 aromatic heterocycles. The van der Waals surface area contributed by atoms with E-state index in [1.54, 1.807) is 0 Å². The summed E-state index contributed by atoms with van der Waals surface area (Å²) < 4.78 is 5.34. The molecular formula is C58H34S2. The zero-order valence-electron chi connectivity index (χ0n) is 32.4. The van der Waals surface area contributed by atoms with Crippen LogP contribution in [-0.4, -0.2) is 0 Å². The standard InChI is InChI=1S/C58H34S2/c1-5-21-43-39(17-1)53(40-18-2-6-22-44(40)55(43)49-27-13-25-47-37-15-9-11-29-51(37)59-57(47)49)35-31-33-36(34-32-35)54-41-19-3-7-23-45(41)56(46-24-8-4-20-42(46)54)50-28-14-26-48-38-16-10-12-30-52(38)60-58(48)50/h1-34H. The van der Waals surface area contributed by atoms with E-state index in [9.17, 15) is 0 Å². The topological polar surface area (TPSA) is 0 Å². The van der Waals surface area contributed by atoms with Gasteiger partial charge in [-0.25, -0.2) is 0 Å². The summed E-state index contributed by atoms with van der Waals surface area (Å²) >= 11 is 3.81. The summed E-state index contributed by atoms with van der Waals surface area (Å²) in [4.78, 5) is 0. The van der Waals surface area contributed by atoms with Crippen LogP contribution in [0.1, 0.15) is 0 Å². The van der Waals surface area contributed by atoms with E-state index in [0.29, 0.717) is 0 Å². The number of hydrogen-bond acceptors (Lipinski definition) is 2. The fourth-order valence-electron chi connectivity index (χ4n) is 10.2. The highest BCUT2D eigenvalue weighted by atomic mass is 32.1. The first-order chi connectivity index (χ1) is 29.8. The van der Waals surface area contributed by atoms with E-state index in [0.717, 1.165) is 0 Å². The fraction of sp³-hybridized carbons (Fsp3) is 0. The van der Waals surface area contributed by atoms with Gasteiger partial charge < -0.3 is 0 Å². The van der Waals surface area contributed by atoms with Crippen molar-refractivity contribution in [3.63, 3.8) is 0 Å². The summed E-state index contributed by atoms with van der Waals surface area (Å²) in [6.07, 6.45) is 0. The molecule has 13 aromatic rings. The Bertz CT molecular complexity index is 3510. The first kappa shape index (κ1) is 33.8. The van der Waals surface area contributed by atoms with Crippen LogP contribution in [0.5, 0.6) is 0 Å². The number of fused-ring (bicyclic) bond motifs is 10. The van der Waals surface area contributed by atoms with Gasteiger partial charge in [0.25, 0.3) is 0 Å². The van der Waals surface area contributed by atoms with Gasteiger partial charge in [-0.1, -0.05) is 194 Å². The molecule has 0 N–H and O–H groups in total. The normalized spacial score (nSPS) is 12.0. The summed E-state index contributed by atoms with van der Waals surface area (Å²) in [6, 6.07) is 76.8. The third kappa shape index (κ3) is 4.90. The summed E-state index contributed by atoms with van der Waals surface area (Å²) in [5.41, 5.74) is 10.2. The van der Waals surface area contributed by atoms with E-state index in [4.69, 9.17) is 0 Å². The van der Waals surface area contributed by atoms with Crippen molar-refractivity contribution >= 4 is 106 Å². The molecule has 60 heavy (non-hydrogen) atoms. The lowest BCUT2D eigenvalue weighted by atomic mass is 9.84. The molecule has 0 saturated carbocycles. The Hall–Kier alpha value is -7.10. The van der Waals surface area contributed by atoms with Crippen LogP contribution in [0, 0.1) is 0 Å². The second-order valence-electron chi connectivity index (χ2n) is 15.8. The molecule has 0 fully saturated rings. The van der Waals surface area contributed by atoms with Crippen molar-refractivity contribution < 1.29 is 0 Å². The zero-order chi connectivity index (χ0) is 39.3. The Morgan fingerprint density at radius 3 is 0.800 bits per heavy atom. The smallest absolute Gasteiger partial charge is 0.0434 e. The van der Waals surface area contributed by atoms with Crippen LogP contribution < -0.4 is 0 Å². The fourth-order valence-corrected chi connectivity index (χ4v) is 12.6. The molecule has 0 bridgehead atoms. The molecule has 2 heterocycles. The predicted molar refractivity (Wildman–Crippen MR) is 264 cm³/mol. The molecule has 2 heteroatoms. The van der Waals surface area contributed by atoms with Crippen LogP contribution in [0.2, 0.25) is 0 Å². The van der Waals surface area contributed by atoms with Gasteiger partial charge in [0.2, 0.25) is 0 Å². The van der Waals surface area contributed by atoms with E-state index in [-0.39, 0.29) is 0 Å². The minimum atomic E-state index is 1.22. The Balaban J connectivity index is 1.02. The van der Waals surface area contributed by atoms with Crippen molar-refractivity contribution in [1.82, 2.24) is 0 Å². The van der Waals surface area contributed by atoms with Gasteiger partial charge in [0, 0.05) is 51.5 Å². The van der Waals surface area contributed by atoms with Gasteiger partial charge in [0.15, 0.2) is 0 Å². The Morgan fingerprint density at radius 2 is 0.467 bits per heavy atom. The third-order valence-corrected chi connectivity index (χ3v) is 15.1. The van der Waals surface area contributed by atoms with Crippen LogP contribution in [-0.2, 0) is 0 Å². The van der Waals surface area contributed by atoms with E-state index < -0.39 is 0 Å². The lowest BCUT2D eigenvalue weighted by molar-refractivity contribution is 1.65. The van der Waals surface area contributed by atoms with Gasteiger partial charge >= 0.3 is 0 Å². The summed E-state index contributed by atoms with van der Waals surface area (Å²) in [7, 11) is 0. The first-order valence-electron chi connectivity index (χ1n) is 20.6. The number of thiophene rings is 2. The largest absolute Gasteiger partial charge is 0.135 e. The summed E-state index contributed by atoms with van der Waals surface area (Å²) in [5.74, 6) is 0. The van der Waals surface area contributed by atoms with Gasteiger partial charge in [-0.05, 0) is 88.6 Å². The van der Waals surface area contributed by atoms with Crippen molar-refractivity contribution in [2.75, 3.05) is 0 Å². The second kappa shape index (κ2) is 13.2. The zero-order valence-corrected chi connectivity index (χ0v) is 34.1. The van der Waals surface area contributed by atoms with Gasteiger partial charge in [0.05, 0.1) is 0 Å². The Labute approximate surface area is 354 Å². The average molecular weight is 795 g/mol. The van der Waals surface area contributed by atoms with E-state index in [2.05, 4.69) is 206 Å². The van der Waals surface area contributed by atoms with Gasteiger partial charge in [-0.2, -0.15) is 0 Å². The maximum atomic E-state index is 2.35. The maximum absolute atomic E-state index is 2.35. The van der Waals surface area contributed by atoms with Crippen LogP contribution in [0.4, 0.5) is 0 Å². The van der Waals surface area contributed by atoms with Gasteiger partial charge in [-0.15, -0.1) is 22.7 Å². The van der Waals surface area contributed by atoms with Gasteiger partial charge in [-0.3, -0.25) is 0 Å². The molecule has 0 aliphatic rings. The summed E-state index contributed by atoms with van der Waals surface area (Å²) in [5, 5.41) is 15.5. The molecule has 0 spiro atoms. The van der Waals surface area contributed by atoms with E-state index in [1.807, 2.05) is 22.7 Å². The van der Waals surface area contributed by atoms with Gasteiger partial charge in [0.1, 0.15) is 0 Å². The molecule has 13 rings (SSSR count). The van der Waals surface area contributed by atoms with E-state index in [1.165, 1.54) is 128 Å². The predicted octanol–water partition coefficient (Wildman–Crippen LogP) is 17.7. The number of rotatable bonds is 4. The summed E-state index contributed by atoms with van der Waals surface area (Å²) in [6.45, 7) is 0. The molecule has 0 aliphatic heterocycles. The minimum absolute atomic E-state index is 1.22. The molecule has 0 nitrogen and oxygen atoms in total. The number of benzene rings is 11. The molecule has 0 unspecified atom stereocenters. The van der Waals surface area contributed by atoms with Crippen molar-refractivity contribution in [3.8, 4) is 44.5 Å². The van der Waals surface area contributed by atoms with Crippen LogP contribution >= 0.6 is 22.7 Å². The Morgan fingerprint density at radius 1 is 0.200 bits per heavy atom. The Kier molecular flexibility index (Phi) is 7.45. The van der Waals surface area contributed by atoms with E-state index >= 15 is 0 Å². The van der Waals surface area contributed by atoms with Crippen LogP contribution in [0.3, 0.4) is 0 Å². The molecule has 11 aromatic carbocycles. The highest BCUT2D eigenvalue weighted by molar-refractivity contribution is 7.26. The maximum Gasteiger partial charge on any atom is 0.0434 e. The third-order valence-electron chi connectivity index (χ3n) is 12.7. The molecule has 0 saturated heterocycles. The highest BCUT2D eigenvalue weighted by Gasteiger charge is 2.22. The number of hydrogen-bond donors (Lipinski definition) is 0. The van der Waals surface area contributed by atoms with Crippen LogP contribution in [0.25, 0.3) is 128 Å². The van der Waals surface area contributed by atoms with Crippen molar-refractivity contribution in [2.24, 2.45) is 0 Å². The highest BCUT2D eigenvalue weighted by Crippen LogP contribution is 2.50. The molecule has 0 amide bonds. The molecule has 0 radical (unpaired) electrons.